The molecule has 0 bridgehead atoms. The fraction of sp³-hybridized carbons (Fsp3) is 0.500. The molecule has 1 aromatic heterocycles. The van der Waals surface area contributed by atoms with Gasteiger partial charge in [-0.15, -0.1) is 0 Å². The molecule has 1 atom stereocenters. The molecule has 1 aromatic rings. The van der Waals surface area contributed by atoms with Gasteiger partial charge in [-0.25, -0.2) is 0 Å². The summed E-state index contributed by atoms with van der Waals surface area (Å²) in [4.78, 5) is 11.0. The molecule has 1 heterocycles. The number of amides is 1. The van der Waals surface area contributed by atoms with Crippen molar-refractivity contribution in [2.24, 2.45) is 11.5 Å². The number of hydrogen-bond acceptors (Lipinski definition) is 3. The molecule has 0 aromatic carbocycles. The second-order valence-electron chi connectivity index (χ2n) is 2.86. The van der Waals surface area contributed by atoms with Gasteiger partial charge in [0, 0.05) is 18.3 Å². The summed E-state index contributed by atoms with van der Waals surface area (Å²) in [5.74, 6) is -0.367. The summed E-state index contributed by atoms with van der Waals surface area (Å²) in [6.07, 6.45) is 4.03. The summed E-state index contributed by atoms with van der Waals surface area (Å²) >= 11 is 0. The lowest BCUT2D eigenvalue weighted by atomic mass is 10.2. The molecule has 0 spiro atoms. The maximum atomic E-state index is 11.0. The van der Waals surface area contributed by atoms with Crippen LogP contribution in [0.3, 0.4) is 0 Å². The number of nitrogens with zero attached hydrogens (tertiary/aromatic N) is 2. The summed E-state index contributed by atoms with van der Waals surface area (Å²) in [6.45, 7) is 2.31. The lowest BCUT2D eigenvalue weighted by Gasteiger charge is -2.10. The lowest BCUT2D eigenvalue weighted by Crippen LogP contribution is -2.26. The van der Waals surface area contributed by atoms with E-state index in [1.807, 2.05) is 6.92 Å². The van der Waals surface area contributed by atoms with Gasteiger partial charge in [-0.2, -0.15) is 5.10 Å². The number of carbonyl (C=O) groups is 1. The maximum Gasteiger partial charge on any atom is 0.242 e. The van der Waals surface area contributed by atoms with Gasteiger partial charge < -0.3 is 11.5 Å². The van der Waals surface area contributed by atoms with E-state index in [9.17, 15) is 4.79 Å². The first kappa shape index (κ1) is 9.73. The highest BCUT2D eigenvalue weighted by Crippen LogP contribution is 2.09. The highest BCUT2D eigenvalue weighted by Gasteiger charge is 2.15. The van der Waals surface area contributed by atoms with Crippen LogP contribution in [0.1, 0.15) is 24.9 Å². The molecule has 1 amide bonds. The number of carbonyl (C=O) groups excluding carboxylic acids is 1. The van der Waals surface area contributed by atoms with Crippen LogP contribution < -0.4 is 11.5 Å². The average Bonchev–Trinajstić information content (AvgIpc) is 2.53. The van der Waals surface area contributed by atoms with Crippen molar-refractivity contribution in [3.05, 3.63) is 18.0 Å². The fourth-order valence-electron chi connectivity index (χ4n) is 1.17. The van der Waals surface area contributed by atoms with Crippen molar-refractivity contribution in [3.8, 4) is 0 Å². The van der Waals surface area contributed by atoms with Gasteiger partial charge in [-0.05, 0) is 6.42 Å². The zero-order chi connectivity index (χ0) is 9.84. The molecule has 4 N–H and O–H groups in total. The molecule has 0 saturated carbocycles. The first-order valence-electron chi connectivity index (χ1n) is 4.21. The normalized spacial score (nSPS) is 12.8. The fourth-order valence-corrected chi connectivity index (χ4v) is 1.17. The third-order valence-corrected chi connectivity index (χ3v) is 1.93. The number of hydrogen-bond donors (Lipinski definition) is 2. The van der Waals surface area contributed by atoms with Crippen molar-refractivity contribution >= 4 is 5.91 Å². The standard InChI is InChI=1S/C8H14N4O/c1-2-7(8(10)13)12-5-6(3-9)4-11-12/h4-5,7H,2-3,9H2,1H3,(H2,10,13). The monoisotopic (exact) mass is 182 g/mol. The number of rotatable bonds is 4. The van der Waals surface area contributed by atoms with Crippen LogP contribution in [0.15, 0.2) is 12.4 Å². The van der Waals surface area contributed by atoms with Gasteiger partial charge in [0.15, 0.2) is 0 Å². The van der Waals surface area contributed by atoms with E-state index in [0.717, 1.165) is 5.56 Å². The Balaban J connectivity index is 2.85. The summed E-state index contributed by atoms with van der Waals surface area (Å²) in [5.41, 5.74) is 11.5. The summed E-state index contributed by atoms with van der Waals surface area (Å²) in [6, 6.07) is -0.361. The van der Waals surface area contributed by atoms with Crippen LogP contribution in [-0.4, -0.2) is 15.7 Å². The van der Waals surface area contributed by atoms with Crippen molar-refractivity contribution in [2.75, 3.05) is 0 Å². The Kier molecular flexibility index (Phi) is 3.02. The molecule has 1 rings (SSSR count). The Morgan fingerprint density at radius 1 is 1.77 bits per heavy atom. The van der Waals surface area contributed by atoms with Crippen LogP contribution in [0, 0.1) is 0 Å². The first-order chi connectivity index (χ1) is 6.19. The molecule has 0 fully saturated rings. The van der Waals surface area contributed by atoms with E-state index >= 15 is 0 Å². The van der Waals surface area contributed by atoms with Crippen LogP contribution in [0.4, 0.5) is 0 Å². The number of aromatic nitrogens is 2. The van der Waals surface area contributed by atoms with Gasteiger partial charge in [0.1, 0.15) is 6.04 Å². The molecule has 13 heavy (non-hydrogen) atoms. The van der Waals surface area contributed by atoms with Gasteiger partial charge in [0.2, 0.25) is 5.91 Å². The molecule has 0 aliphatic heterocycles. The summed E-state index contributed by atoms with van der Waals surface area (Å²) in [5, 5.41) is 4.02. The van der Waals surface area contributed by atoms with E-state index < -0.39 is 0 Å². The van der Waals surface area contributed by atoms with E-state index in [0.29, 0.717) is 13.0 Å². The minimum Gasteiger partial charge on any atom is -0.368 e. The maximum absolute atomic E-state index is 11.0. The van der Waals surface area contributed by atoms with Gasteiger partial charge in [-0.1, -0.05) is 6.92 Å². The molecule has 1 unspecified atom stereocenters. The smallest absolute Gasteiger partial charge is 0.242 e. The largest absolute Gasteiger partial charge is 0.368 e. The molecule has 0 radical (unpaired) electrons. The van der Waals surface area contributed by atoms with Crippen molar-refractivity contribution in [3.63, 3.8) is 0 Å². The molecule has 0 saturated heterocycles. The van der Waals surface area contributed by atoms with Gasteiger partial charge in [-0.3, -0.25) is 9.48 Å². The highest BCUT2D eigenvalue weighted by atomic mass is 16.1. The van der Waals surface area contributed by atoms with Crippen molar-refractivity contribution < 1.29 is 4.79 Å². The quantitative estimate of drug-likeness (QED) is 0.674. The number of nitrogens with two attached hydrogens (primary N) is 2. The van der Waals surface area contributed by atoms with E-state index in [2.05, 4.69) is 5.10 Å². The Hall–Kier alpha value is -1.36. The first-order valence-corrected chi connectivity index (χ1v) is 4.21. The van der Waals surface area contributed by atoms with Crippen LogP contribution >= 0.6 is 0 Å². The molecular weight excluding hydrogens is 168 g/mol. The van der Waals surface area contributed by atoms with Gasteiger partial charge >= 0.3 is 0 Å². The van der Waals surface area contributed by atoms with Crippen LogP contribution in [0.25, 0.3) is 0 Å². The van der Waals surface area contributed by atoms with Gasteiger partial charge in [0.05, 0.1) is 6.20 Å². The predicted octanol–water partition coefficient (Wildman–Crippen LogP) is -0.222. The molecule has 72 valence electrons. The molecule has 5 nitrogen and oxygen atoms in total. The van der Waals surface area contributed by atoms with Crippen molar-refractivity contribution in [1.29, 1.82) is 0 Å². The topological polar surface area (TPSA) is 86.9 Å². The van der Waals surface area contributed by atoms with Gasteiger partial charge in [0.25, 0.3) is 0 Å². The molecule has 0 aliphatic carbocycles. The van der Waals surface area contributed by atoms with E-state index in [4.69, 9.17) is 11.5 Å². The Bertz CT molecular complexity index is 294. The van der Waals surface area contributed by atoms with E-state index in [1.54, 1.807) is 17.1 Å². The highest BCUT2D eigenvalue weighted by molar-refractivity contribution is 5.78. The molecule has 5 heteroatoms. The summed E-state index contributed by atoms with van der Waals surface area (Å²) < 4.78 is 1.56. The van der Waals surface area contributed by atoms with E-state index in [-0.39, 0.29) is 11.9 Å². The van der Waals surface area contributed by atoms with Crippen molar-refractivity contribution in [2.45, 2.75) is 25.9 Å². The minimum atomic E-state index is -0.367. The Morgan fingerprint density at radius 3 is 2.85 bits per heavy atom. The minimum absolute atomic E-state index is 0.361. The number of primary amides is 1. The predicted molar refractivity (Wildman–Crippen MR) is 48.6 cm³/mol. The zero-order valence-electron chi connectivity index (χ0n) is 7.60. The third kappa shape index (κ3) is 2.06. The van der Waals surface area contributed by atoms with Crippen LogP contribution in [-0.2, 0) is 11.3 Å². The molecular formula is C8H14N4O. The van der Waals surface area contributed by atoms with Crippen molar-refractivity contribution in [1.82, 2.24) is 9.78 Å². The Labute approximate surface area is 76.7 Å². The molecule has 0 aliphatic rings. The van der Waals surface area contributed by atoms with E-state index in [1.165, 1.54) is 0 Å². The second-order valence-corrected chi connectivity index (χ2v) is 2.86. The lowest BCUT2D eigenvalue weighted by molar-refractivity contribution is -0.121. The second kappa shape index (κ2) is 4.04. The zero-order valence-corrected chi connectivity index (χ0v) is 7.60. The van der Waals surface area contributed by atoms with Crippen LogP contribution in [0.2, 0.25) is 0 Å². The average molecular weight is 182 g/mol. The Morgan fingerprint density at radius 2 is 2.46 bits per heavy atom. The van der Waals surface area contributed by atoms with Crippen LogP contribution in [0.5, 0.6) is 0 Å². The summed E-state index contributed by atoms with van der Waals surface area (Å²) in [7, 11) is 0. The SMILES string of the molecule is CCC(C(N)=O)n1cc(CN)cn1. The third-order valence-electron chi connectivity index (χ3n) is 1.93.